The molecule has 7 nitrogen and oxygen atoms in total. The highest BCUT2D eigenvalue weighted by Crippen LogP contribution is 2.37. The van der Waals surface area contributed by atoms with Crippen LogP contribution in [0.2, 0.25) is 0 Å². The smallest absolute Gasteiger partial charge is 0.233 e. The van der Waals surface area contributed by atoms with Crippen molar-refractivity contribution in [2.45, 2.75) is 23.8 Å². The Bertz CT molecular complexity index is 1110. The van der Waals surface area contributed by atoms with Crippen molar-refractivity contribution in [3.63, 3.8) is 0 Å². The maximum Gasteiger partial charge on any atom is 0.233 e. The molecular weight excluding hydrogens is 392 g/mol. The third-order valence-corrected chi connectivity index (χ3v) is 6.03. The summed E-state index contributed by atoms with van der Waals surface area (Å²) in [5, 5.41) is 2.93. The second kappa shape index (κ2) is 7.79. The molecule has 8 heteroatoms. The minimum Gasteiger partial charge on any atom is -0.486 e. The van der Waals surface area contributed by atoms with E-state index in [1.54, 1.807) is 6.07 Å². The van der Waals surface area contributed by atoms with Crippen molar-refractivity contribution in [2.24, 2.45) is 5.92 Å². The van der Waals surface area contributed by atoms with E-state index in [2.05, 4.69) is 10.3 Å². The van der Waals surface area contributed by atoms with Gasteiger partial charge in [-0.25, -0.2) is 8.42 Å². The normalized spacial score (nSPS) is 13.5. The zero-order valence-electron chi connectivity index (χ0n) is 16.2. The van der Waals surface area contributed by atoms with Crippen LogP contribution in [-0.2, 0) is 9.84 Å². The van der Waals surface area contributed by atoms with Crippen LogP contribution >= 0.6 is 0 Å². The van der Waals surface area contributed by atoms with Gasteiger partial charge in [0.15, 0.2) is 11.5 Å². The van der Waals surface area contributed by atoms with Crippen molar-refractivity contribution in [1.82, 2.24) is 4.98 Å². The second-order valence-corrected chi connectivity index (χ2v) is 8.97. The maximum atomic E-state index is 13.4. The largest absolute Gasteiger partial charge is 0.486 e. The number of sulfone groups is 1. The minimum atomic E-state index is -3.94. The van der Waals surface area contributed by atoms with Gasteiger partial charge in [-0.1, -0.05) is 32.0 Å². The van der Waals surface area contributed by atoms with Crippen molar-refractivity contribution >= 4 is 15.7 Å². The molecule has 0 fully saturated rings. The molecule has 0 bridgehead atoms. The van der Waals surface area contributed by atoms with Crippen molar-refractivity contribution < 1.29 is 22.3 Å². The Morgan fingerprint density at radius 1 is 1.03 bits per heavy atom. The van der Waals surface area contributed by atoms with Crippen molar-refractivity contribution in [3.05, 3.63) is 48.5 Å². The van der Waals surface area contributed by atoms with Crippen LogP contribution in [0.5, 0.6) is 11.5 Å². The molecule has 0 unspecified atom stereocenters. The second-order valence-electron chi connectivity index (χ2n) is 7.10. The van der Waals surface area contributed by atoms with E-state index in [0.29, 0.717) is 42.7 Å². The summed E-state index contributed by atoms with van der Waals surface area (Å²) in [5.41, 5.74) is 0.698. The van der Waals surface area contributed by atoms with E-state index >= 15 is 0 Å². The highest BCUT2D eigenvalue weighted by atomic mass is 32.2. The number of hydrogen-bond donors (Lipinski definition) is 1. The summed E-state index contributed by atoms with van der Waals surface area (Å²) in [6, 6.07) is 13.7. The zero-order chi connectivity index (χ0) is 20.4. The summed E-state index contributed by atoms with van der Waals surface area (Å²) in [6.07, 6.45) is 0. The molecule has 2 heterocycles. The van der Waals surface area contributed by atoms with Crippen LogP contribution < -0.4 is 14.8 Å². The first-order chi connectivity index (χ1) is 13.9. The fraction of sp³-hybridized carbons (Fsp3) is 0.286. The van der Waals surface area contributed by atoms with Crippen molar-refractivity contribution in [3.8, 4) is 23.0 Å². The molecule has 0 saturated heterocycles. The quantitative estimate of drug-likeness (QED) is 0.651. The topological polar surface area (TPSA) is 90.7 Å². The first-order valence-electron chi connectivity index (χ1n) is 9.40. The summed E-state index contributed by atoms with van der Waals surface area (Å²) in [7, 11) is -3.94. The predicted molar refractivity (Wildman–Crippen MR) is 108 cm³/mol. The highest BCUT2D eigenvalue weighted by Gasteiger charge is 2.30. The zero-order valence-corrected chi connectivity index (χ0v) is 17.0. The third kappa shape index (κ3) is 3.93. The monoisotopic (exact) mass is 414 g/mol. The third-order valence-electron chi connectivity index (χ3n) is 4.37. The van der Waals surface area contributed by atoms with Gasteiger partial charge in [-0.2, -0.15) is 4.98 Å². The number of nitrogens with zero attached hydrogens (tertiary/aromatic N) is 1. The molecule has 1 aliphatic rings. The first kappa shape index (κ1) is 19.3. The summed E-state index contributed by atoms with van der Waals surface area (Å²) < 4.78 is 43.6. The van der Waals surface area contributed by atoms with E-state index in [9.17, 15) is 8.42 Å². The van der Waals surface area contributed by atoms with E-state index in [0.717, 1.165) is 0 Å². The number of nitrogens with one attached hydrogen (secondary N) is 1. The van der Waals surface area contributed by atoms with Crippen LogP contribution in [0.1, 0.15) is 13.8 Å². The van der Waals surface area contributed by atoms with Gasteiger partial charge in [-0.15, -0.1) is 0 Å². The molecule has 152 valence electrons. The number of ether oxygens (including phenoxy) is 2. The summed E-state index contributed by atoms with van der Waals surface area (Å²) in [4.78, 5) is 4.40. The van der Waals surface area contributed by atoms with E-state index in [1.807, 2.05) is 44.2 Å². The maximum absolute atomic E-state index is 13.4. The minimum absolute atomic E-state index is 0.0715. The molecule has 0 radical (unpaired) electrons. The molecule has 2 aromatic carbocycles. The SMILES string of the molecule is CC(C)CNc1oc(-c2ccccc2)nc1S(=O)(=O)c1ccc2c(c1)OCCO2. The average Bonchev–Trinajstić information content (AvgIpc) is 3.18. The summed E-state index contributed by atoms with van der Waals surface area (Å²) in [6.45, 7) is 5.41. The van der Waals surface area contributed by atoms with Gasteiger partial charge in [0.2, 0.25) is 26.6 Å². The standard InChI is InChI=1S/C21H22N2O5S/c1-14(2)13-22-20-21(23-19(28-20)15-6-4-3-5-7-15)29(24,25)16-8-9-17-18(12-16)27-11-10-26-17/h3-9,12,14,22H,10-11,13H2,1-2H3. The Morgan fingerprint density at radius 3 is 2.48 bits per heavy atom. The highest BCUT2D eigenvalue weighted by molar-refractivity contribution is 7.91. The Balaban J connectivity index is 1.78. The fourth-order valence-corrected chi connectivity index (χ4v) is 4.20. The fourth-order valence-electron chi connectivity index (χ4n) is 2.90. The Labute approximate surface area is 169 Å². The summed E-state index contributed by atoms with van der Waals surface area (Å²) in [5.74, 6) is 1.60. The predicted octanol–water partition coefficient (Wildman–Crippen LogP) is 4.01. The van der Waals surface area contributed by atoms with Gasteiger partial charge in [0.1, 0.15) is 13.2 Å². The van der Waals surface area contributed by atoms with Crippen LogP contribution in [0.25, 0.3) is 11.5 Å². The molecule has 1 aliphatic heterocycles. The van der Waals surface area contributed by atoms with Crippen LogP contribution in [0.4, 0.5) is 5.88 Å². The Morgan fingerprint density at radius 2 is 1.76 bits per heavy atom. The lowest BCUT2D eigenvalue weighted by atomic mass is 10.2. The summed E-state index contributed by atoms with van der Waals surface area (Å²) >= 11 is 0. The number of aromatic nitrogens is 1. The molecule has 4 rings (SSSR count). The van der Waals surface area contributed by atoms with E-state index in [4.69, 9.17) is 13.9 Å². The Hall–Kier alpha value is -3.00. The van der Waals surface area contributed by atoms with Crippen molar-refractivity contribution in [1.29, 1.82) is 0 Å². The van der Waals surface area contributed by atoms with Gasteiger partial charge in [-0.05, 0) is 30.2 Å². The van der Waals surface area contributed by atoms with Gasteiger partial charge in [-0.3, -0.25) is 0 Å². The van der Waals surface area contributed by atoms with E-state index in [1.165, 1.54) is 12.1 Å². The first-order valence-corrected chi connectivity index (χ1v) is 10.9. The van der Waals surface area contributed by atoms with Gasteiger partial charge >= 0.3 is 0 Å². The van der Waals surface area contributed by atoms with Gasteiger partial charge in [0, 0.05) is 18.2 Å². The molecule has 0 amide bonds. The molecular formula is C21H22N2O5S. The van der Waals surface area contributed by atoms with Gasteiger partial charge in [0.05, 0.1) is 4.90 Å². The molecule has 29 heavy (non-hydrogen) atoms. The number of benzene rings is 2. The Kier molecular flexibility index (Phi) is 5.19. The number of hydrogen-bond acceptors (Lipinski definition) is 7. The van der Waals surface area contributed by atoms with Crippen LogP contribution in [0, 0.1) is 5.92 Å². The van der Waals surface area contributed by atoms with Gasteiger partial charge in [0.25, 0.3) is 0 Å². The van der Waals surface area contributed by atoms with E-state index in [-0.39, 0.29) is 21.7 Å². The van der Waals surface area contributed by atoms with Crippen molar-refractivity contribution in [2.75, 3.05) is 25.1 Å². The van der Waals surface area contributed by atoms with E-state index < -0.39 is 9.84 Å². The molecule has 1 N–H and O–H groups in total. The molecule has 1 aromatic heterocycles. The lowest BCUT2D eigenvalue weighted by Gasteiger charge is -2.18. The molecule has 3 aromatic rings. The molecule has 0 atom stereocenters. The van der Waals surface area contributed by atoms with Crippen LogP contribution in [0.3, 0.4) is 0 Å². The van der Waals surface area contributed by atoms with Gasteiger partial charge < -0.3 is 19.2 Å². The lowest BCUT2D eigenvalue weighted by Crippen LogP contribution is -2.16. The average molecular weight is 414 g/mol. The number of anilines is 1. The molecule has 0 spiro atoms. The number of rotatable bonds is 6. The van der Waals surface area contributed by atoms with Crippen LogP contribution in [-0.4, -0.2) is 33.2 Å². The number of oxazole rings is 1. The van der Waals surface area contributed by atoms with Crippen LogP contribution in [0.15, 0.2) is 62.9 Å². The molecule has 0 aliphatic carbocycles. The lowest BCUT2D eigenvalue weighted by molar-refractivity contribution is 0.171. The molecule has 0 saturated carbocycles. The number of fused-ring (bicyclic) bond motifs is 1.